The van der Waals surface area contributed by atoms with Gasteiger partial charge in [-0.2, -0.15) is 5.10 Å². The van der Waals surface area contributed by atoms with Crippen molar-refractivity contribution in [2.75, 3.05) is 0 Å². The average Bonchev–Trinajstić information content (AvgIpc) is 2.95. The summed E-state index contributed by atoms with van der Waals surface area (Å²) in [6, 6.07) is 2.47. The number of rotatable bonds is 5. The molecule has 2 aromatic heterocycles. The predicted molar refractivity (Wildman–Crippen MR) is 80.5 cm³/mol. The fourth-order valence-corrected chi connectivity index (χ4v) is 1.92. The smallest absolute Gasteiger partial charge is 0.123 e. The van der Waals surface area contributed by atoms with Crippen LogP contribution in [0.3, 0.4) is 0 Å². The SMILES string of the molecule is CC(C)n1ccc(Cn2ccnc2CNC(C)(C)C)n1. The molecule has 5 nitrogen and oxygen atoms in total. The molecule has 5 heteroatoms. The summed E-state index contributed by atoms with van der Waals surface area (Å²) in [4.78, 5) is 4.42. The highest BCUT2D eigenvalue weighted by Crippen LogP contribution is 2.08. The Labute approximate surface area is 121 Å². The summed E-state index contributed by atoms with van der Waals surface area (Å²) in [5.41, 5.74) is 1.16. The first-order valence-corrected chi connectivity index (χ1v) is 7.14. The van der Waals surface area contributed by atoms with Crippen molar-refractivity contribution < 1.29 is 0 Å². The van der Waals surface area contributed by atoms with Crippen molar-refractivity contribution in [3.8, 4) is 0 Å². The Kier molecular flexibility index (Phi) is 4.28. The largest absolute Gasteiger partial charge is 0.328 e. The van der Waals surface area contributed by atoms with E-state index in [1.165, 1.54) is 0 Å². The van der Waals surface area contributed by atoms with Crippen LogP contribution in [0.4, 0.5) is 0 Å². The number of nitrogens with one attached hydrogen (secondary N) is 1. The van der Waals surface area contributed by atoms with E-state index in [4.69, 9.17) is 0 Å². The van der Waals surface area contributed by atoms with E-state index < -0.39 is 0 Å². The topological polar surface area (TPSA) is 47.7 Å². The quantitative estimate of drug-likeness (QED) is 0.912. The molecule has 0 amide bonds. The van der Waals surface area contributed by atoms with Crippen molar-refractivity contribution in [2.24, 2.45) is 0 Å². The molecule has 110 valence electrons. The molecule has 2 heterocycles. The fourth-order valence-electron chi connectivity index (χ4n) is 1.92. The second-order valence-corrected chi connectivity index (χ2v) is 6.46. The zero-order valence-electron chi connectivity index (χ0n) is 13.1. The van der Waals surface area contributed by atoms with E-state index in [1.807, 2.05) is 23.3 Å². The molecule has 0 radical (unpaired) electrons. The van der Waals surface area contributed by atoms with Crippen molar-refractivity contribution in [2.45, 2.75) is 59.3 Å². The van der Waals surface area contributed by atoms with E-state index >= 15 is 0 Å². The van der Waals surface area contributed by atoms with Crippen LogP contribution in [0.25, 0.3) is 0 Å². The lowest BCUT2D eigenvalue weighted by molar-refractivity contribution is 0.412. The lowest BCUT2D eigenvalue weighted by Crippen LogP contribution is -2.36. The van der Waals surface area contributed by atoms with Gasteiger partial charge < -0.3 is 9.88 Å². The van der Waals surface area contributed by atoms with Gasteiger partial charge in [0.25, 0.3) is 0 Å². The highest BCUT2D eigenvalue weighted by atomic mass is 15.3. The van der Waals surface area contributed by atoms with Crippen LogP contribution in [-0.4, -0.2) is 24.9 Å². The van der Waals surface area contributed by atoms with Crippen LogP contribution in [0.2, 0.25) is 0 Å². The van der Waals surface area contributed by atoms with E-state index in [9.17, 15) is 0 Å². The van der Waals surface area contributed by atoms with E-state index in [1.54, 1.807) is 0 Å². The van der Waals surface area contributed by atoms with Gasteiger partial charge >= 0.3 is 0 Å². The molecule has 0 aliphatic carbocycles. The van der Waals surface area contributed by atoms with Crippen molar-refractivity contribution >= 4 is 0 Å². The molecular weight excluding hydrogens is 250 g/mol. The monoisotopic (exact) mass is 275 g/mol. The molecule has 0 saturated heterocycles. The van der Waals surface area contributed by atoms with Gasteiger partial charge in [-0.3, -0.25) is 4.68 Å². The summed E-state index contributed by atoms with van der Waals surface area (Å²) in [7, 11) is 0. The van der Waals surface area contributed by atoms with Crippen LogP contribution in [0.15, 0.2) is 24.7 Å². The maximum absolute atomic E-state index is 4.58. The molecule has 0 fully saturated rings. The van der Waals surface area contributed by atoms with Gasteiger partial charge in [-0.15, -0.1) is 0 Å². The maximum Gasteiger partial charge on any atom is 0.123 e. The molecule has 2 rings (SSSR count). The molecule has 0 bridgehead atoms. The summed E-state index contributed by atoms with van der Waals surface area (Å²) in [5, 5.41) is 8.05. The normalized spacial score (nSPS) is 12.3. The molecule has 0 unspecified atom stereocenters. The van der Waals surface area contributed by atoms with Gasteiger partial charge in [0.05, 0.1) is 18.8 Å². The summed E-state index contributed by atoms with van der Waals surface area (Å²) in [5.74, 6) is 1.04. The van der Waals surface area contributed by atoms with Gasteiger partial charge in [-0.1, -0.05) is 0 Å². The molecule has 2 aromatic rings. The van der Waals surface area contributed by atoms with Gasteiger partial charge in [0.15, 0.2) is 0 Å². The molecule has 0 spiro atoms. The third-order valence-electron chi connectivity index (χ3n) is 3.10. The van der Waals surface area contributed by atoms with E-state index in [-0.39, 0.29) is 5.54 Å². The summed E-state index contributed by atoms with van der Waals surface area (Å²) in [6.45, 7) is 12.3. The predicted octanol–water partition coefficient (Wildman–Crippen LogP) is 2.60. The lowest BCUT2D eigenvalue weighted by atomic mass is 10.1. The van der Waals surface area contributed by atoms with Crippen LogP contribution in [0.1, 0.15) is 52.2 Å². The zero-order valence-corrected chi connectivity index (χ0v) is 13.1. The Morgan fingerprint density at radius 1 is 1.25 bits per heavy atom. The molecule has 0 saturated carbocycles. The minimum atomic E-state index is 0.0933. The molecule has 0 aliphatic heterocycles. The Morgan fingerprint density at radius 3 is 2.60 bits per heavy atom. The van der Waals surface area contributed by atoms with Gasteiger partial charge in [0.2, 0.25) is 0 Å². The van der Waals surface area contributed by atoms with Crippen molar-refractivity contribution in [3.05, 3.63) is 36.2 Å². The van der Waals surface area contributed by atoms with Gasteiger partial charge in [-0.25, -0.2) is 4.98 Å². The summed E-state index contributed by atoms with van der Waals surface area (Å²) >= 11 is 0. The highest BCUT2D eigenvalue weighted by Gasteiger charge is 2.12. The number of aromatic nitrogens is 4. The maximum atomic E-state index is 4.58. The van der Waals surface area contributed by atoms with Gasteiger partial charge in [0.1, 0.15) is 5.82 Å². The Morgan fingerprint density at radius 2 is 2.00 bits per heavy atom. The highest BCUT2D eigenvalue weighted by molar-refractivity contribution is 5.04. The Balaban J connectivity index is 2.04. The number of hydrogen-bond acceptors (Lipinski definition) is 3. The molecule has 0 aliphatic rings. The van der Waals surface area contributed by atoms with Crippen LogP contribution in [-0.2, 0) is 13.1 Å². The average molecular weight is 275 g/mol. The molecule has 1 N–H and O–H groups in total. The minimum absolute atomic E-state index is 0.0933. The van der Waals surface area contributed by atoms with Crippen LogP contribution >= 0.6 is 0 Å². The van der Waals surface area contributed by atoms with Crippen LogP contribution in [0.5, 0.6) is 0 Å². The van der Waals surface area contributed by atoms with E-state index in [0.717, 1.165) is 24.6 Å². The number of hydrogen-bond donors (Lipinski definition) is 1. The van der Waals surface area contributed by atoms with Gasteiger partial charge in [0, 0.05) is 30.2 Å². The molecule has 0 aromatic carbocycles. The third kappa shape index (κ3) is 3.93. The third-order valence-corrected chi connectivity index (χ3v) is 3.10. The first kappa shape index (κ1) is 14.8. The summed E-state index contributed by atoms with van der Waals surface area (Å²) in [6.07, 6.45) is 5.89. The van der Waals surface area contributed by atoms with Crippen LogP contribution in [0, 0.1) is 0 Å². The number of imidazole rings is 1. The Bertz CT molecular complexity index is 545. The van der Waals surface area contributed by atoms with Crippen molar-refractivity contribution in [1.29, 1.82) is 0 Å². The molecule has 0 atom stereocenters. The van der Waals surface area contributed by atoms with E-state index in [2.05, 4.69) is 60.7 Å². The molecule has 20 heavy (non-hydrogen) atoms. The summed E-state index contributed by atoms with van der Waals surface area (Å²) < 4.78 is 4.13. The lowest BCUT2D eigenvalue weighted by Gasteiger charge is -2.20. The first-order valence-electron chi connectivity index (χ1n) is 7.14. The second kappa shape index (κ2) is 5.79. The van der Waals surface area contributed by atoms with E-state index in [0.29, 0.717) is 6.04 Å². The number of nitrogens with zero attached hydrogens (tertiary/aromatic N) is 4. The second-order valence-electron chi connectivity index (χ2n) is 6.46. The van der Waals surface area contributed by atoms with Crippen LogP contribution < -0.4 is 5.32 Å². The van der Waals surface area contributed by atoms with Crippen molar-refractivity contribution in [1.82, 2.24) is 24.6 Å². The zero-order chi connectivity index (χ0) is 14.8. The van der Waals surface area contributed by atoms with Crippen molar-refractivity contribution in [3.63, 3.8) is 0 Å². The van der Waals surface area contributed by atoms with Gasteiger partial charge in [-0.05, 0) is 40.7 Å². The standard InChI is InChI=1S/C15H25N5/c1-12(2)20-8-6-13(18-20)11-19-9-7-16-14(19)10-17-15(3,4)5/h6-9,12,17H,10-11H2,1-5H3. The Hall–Kier alpha value is -1.62. The first-order chi connectivity index (χ1) is 9.35. The molecular formula is C15H25N5. The minimum Gasteiger partial charge on any atom is -0.328 e. The fraction of sp³-hybridized carbons (Fsp3) is 0.600.